The maximum atomic E-state index is 13.5. The standard InChI is InChI=1S/C27H26N2O4/c1-3-32-21-16-14-20(15-17-21)24-25(28-22-12-8-9-13-23(22)33-4-2)27(31)29(26(24)30)18-19-10-6-5-7-11-19/h5-17,28H,3-4,18H2,1-2H3. The van der Waals surface area contributed by atoms with Gasteiger partial charge in [0.1, 0.15) is 17.2 Å². The predicted molar refractivity (Wildman–Crippen MR) is 128 cm³/mol. The van der Waals surface area contributed by atoms with E-state index < -0.39 is 0 Å². The number of nitrogens with zero attached hydrogens (tertiary/aromatic N) is 1. The summed E-state index contributed by atoms with van der Waals surface area (Å²) >= 11 is 0. The molecular weight excluding hydrogens is 416 g/mol. The highest BCUT2D eigenvalue weighted by molar-refractivity contribution is 6.36. The summed E-state index contributed by atoms with van der Waals surface area (Å²) in [5.74, 6) is 0.597. The van der Waals surface area contributed by atoms with Crippen LogP contribution >= 0.6 is 0 Å². The molecule has 2 amide bonds. The van der Waals surface area contributed by atoms with Crippen LogP contribution in [0.4, 0.5) is 5.69 Å². The Hall–Kier alpha value is -4.06. The van der Waals surface area contributed by atoms with E-state index in [1.807, 2.05) is 68.4 Å². The molecule has 6 nitrogen and oxygen atoms in total. The zero-order valence-electron chi connectivity index (χ0n) is 18.7. The van der Waals surface area contributed by atoms with Crippen molar-refractivity contribution in [2.75, 3.05) is 18.5 Å². The van der Waals surface area contributed by atoms with E-state index >= 15 is 0 Å². The third-order valence-corrected chi connectivity index (χ3v) is 5.25. The number of rotatable bonds is 9. The van der Waals surface area contributed by atoms with Crippen molar-refractivity contribution in [2.45, 2.75) is 20.4 Å². The second kappa shape index (κ2) is 10.0. The van der Waals surface area contributed by atoms with Crippen LogP contribution in [-0.2, 0) is 16.1 Å². The summed E-state index contributed by atoms with van der Waals surface area (Å²) in [5.41, 5.74) is 2.70. The van der Waals surface area contributed by atoms with Crippen molar-refractivity contribution in [1.82, 2.24) is 4.90 Å². The van der Waals surface area contributed by atoms with Crippen LogP contribution in [0.3, 0.4) is 0 Å². The highest BCUT2D eigenvalue weighted by atomic mass is 16.5. The fourth-order valence-corrected chi connectivity index (χ4v) is 3.74. The first-order valence-corrected chi connectivity index (χ1v) is 11.0. The monoisotopic (exact) mass is 442 g/mol. The number of para-hydroxylation sites is 2. The van der Waals surface area contributed by atoms with Crippen LogP contribution in [0.1, 0.15) is 25.0 Å². The first kappa shape index (κ1) is 22.1. The molecule has 0 aromatic heterocycles. The molecule has 1 aliphatic rings. The van der Waals surface area contributed by atoms with E-state index in [0.29, 0.717) is 41.5 Å². The van der Waals surface area contributed by atoms with Crippen LogP contribution in [-0.4, -0.2) is 29.9 Å². The van der Waals surface area contributed by atoms with E-state index in [-0.39, 0.29) is 24.1 Å². The number of benzene rings is 3. The second-order valence-corrected chi connectivity index (χ2v) is 7.44. The molecule has 33 heavy (non-hydrogen) atoms. The summed E-state index contributed by atoms with van der Waals surface area (Å²) < 4.78 is 11.2. The molecule has 0 saturated carbocycles. The molecule has 0 bridgehead atoms. The molecule has 0 unspecified atom stereocenters. The molecule has 0 atom stereocenters. The molecule has 1 heterocycles. The van der Waals surface area contributed by atoms with Gasteiger partial charge in [0.15, 0.2) is 0 Å². The maximum absolute atomic E-state index is 13.5. The summed E-state index contributed by atoms with van der Waals surface area (Å²) in [6, 6.07) is 24.0. The van der Waals surface area contributed by atoms with Crippen LogP contribution in [0.25, 0.3) is 5.57 Å². The van der Waals surface area contributed by atoms with Gasteiger partial charge in [-0.15, -0.1) is 0 Å². The number of nitrogens with one attached hydrogen (secondary N) is 1. The van der Waals surface area contributed by atoms with Gasteiger partial charge in [-0.2, -0.15) is 0 Å². The predicted octanol–water partition coefficient (Wildman–Crippen LogP) is 4.88. The van der Waals surface area contributed by atoms with E-state index in [9.17, 15) is 9.59 Å². The summed E-state index contributed by atoms with van der Waals surface area (Å²) in [6.07, 6.45) is 0. The first-order valence-electron chi connectivity index (χ1n) is 11.0. The van der Waals surface area contributed by atoms with E-state index in [0.717, 1.165) is 5.56 Å². The molecule has 0 spiro atoms. The maximum Gasteiger partial charge on any atom is 0.278 e. The van der Waals surface area contributed by atoms with Crippen molar-refractivity contribution < 1.29 is 19.1 Å². The Morgan fingerprint density at radius 3 is 2.12 bits per heavy atom. The van der Waals surface area contributed by atoms with Crippen LogP contribution in [0.15, 0.2) is 84.6 Å². The van der Waals surface area contributed by atoms with Crippen molar-refractivity contribution in [1.29, 1.82) is 0 Å². The minimum atomic E-state index is -0.376. The lowest BCUT2D eigenvalue weighted by Crippen LogP contribution is -2.32. The molecule has 1 aliphatic heterocycles. The average molecular weight is 443 g/mol. The van der Waals surface area contributed by atoms with Gasteiger partial charge in [0.05, 0.1) is 31.0 Å². The molecule has 3 aromatic carbocycles. The average Bonchev–Trinajstić information content (AvgIpc) is 3.06. The fraction of sp³-hybridized carbons (Fsp3) is 0.185. The third kappa shape index (κ3) is 4.75. The van der Waals surface area contributed by atoms with Crippen LogP contribution < -0.4 is 14.8 Å². The number of hydrogen-bond acceptors (Lipinski definition) is 5. The molecule has 4 rings (SSSR count). The third-order valence-electron chi connectivity index (χ3n) is 5.25. The smallest absolute Gasteiger partial charge is 0.278 e. The van der Waals surface area contributed by atoms with Crippen molar-refractivity contribution in [3.05, 3.63) is 95.7 Å². The van der Waals surface area contributed by atoms with Crippen molar-refractivity contribution in [3.8, 4) is 11.5 Å². The summed E-state index contributed by atoms with van der Waals surface area (Å²) in [7, 11) is 0. The topological polar surface area (TPSA) is 67.9 Å². The van der Waals surface area contributed by atoms with E-state index in [1.165, 1.54) is 4.90 Å². The SMILES string of the molecule is CCOc1ccc(C2=C(Nc3ccccc3OCC)C(=O)N(Cc3ccccc3)C2=O)cc1. The number of anilines is 1. The molecular formula is C27H26N2O4. The Bertz CT molecular complexity index is 1170. The lowest BCUT2D eigenvalue weighted by Gasteiger charge is -2.16. The second-order valence-electron chi connectivity index (χ2n) is 7.44. The lowest BCUT2D eigenvalue weighted by atomic mass is 10.0. The minimum Gasteiger partial charge on any atom is -0.494 e. The van der Waals surface area contributed by atoms with Crippen molar-refractivity contribution in [3.63, 3.8) is 0 Å². The molecule has 0 radical (unpaired) electrons. The minimum absolute atomic E-state index is 0.192. The molecule has 168 valence electrons. The van der Waals surface area contributed by atoms with Gasteiger partial charge in [-0.3, -0.25) is 14.5 Å². The number of ether oxygens (including phenoxy) is 2. The highest BCUT2D eigenvalue weighted by Gasteiger charge is 2.39. The Kier molecular flexibility index (Phi) is 6.74. The van der Waals surface area contributed by atoms with Gasteiger partial charge in [0.25, 0.3) is 11.8 Å². The number of imide groups is 1. The molecule has 3 aromatic rings. The highest BCUT2D eigenvalue weighted by Crippen LogP contribution is 2.34. The van der Waals surface area contributed by atoms with E-state index in [1.54, 1.807) is 24.3 Å². The lowest BCUT2D eigenvalue weighted by molar-refractivity contribution is -0.137. The van der Waals surface area contributed by atoms with Gasteiger partial charge in [-0.05, 0) is 49.2 Å². The van der Waals surface area contributed by atoms with Crippen LogP contribution in [0, 0.1) is 0 Å². The Morgan fingerprint density at radius 2 is 1.42 bits per heavy atom. The summed E-state index contributed by atoms with van der Waals surface area (Å²) in [5, 5.41) is 3.19. The molecule has 0 aliphatic carbocycles. The molecule has 0 saturated heterocycles. The Balaban J connectivity index is 1.74. The summed E-state index contributed by atoms with van der Waals surface area (Å²) in [6.45, 7) is 5.03. The number of amides is 2. The van der Waals surface area contributed by atoms with Gasteiger partial charge in [-0.1, -0.05) is 54.6 Å². The van der Waals surface area contributed by atoms with Gasteiger partial charge in [0.2, 0.25) is 0 Å². The van der Waals surface area contributed by atoms with E-state index in [4.69, 9.17) is 9.47 Å². The summed E-state index contributed by atoms with van der Waals surface area (Å²) in [4.78, 5) is 28.2. The van der Waals surface area contributed by atoms with Gasteiger partial charge in [0, 0.05) is 0 Å². The van der Waals surface area contributed by atoms with Crippen molar-refractivity contribution in [2.24, 2.45) is 0 Å². The van der Waals surface area contributed by atoms with Gasteiger partial charge in [-0.25, -0.2) is 0 Å². The zero-order valence-corrected chi connectivity index (χ0v) is 18.7. The van der Waals surface area contributed by atoms with Crippen LogP contribution in [0.5, 0.6) is 11.5 Å². The van der Waals surface area contributed by atoms with Crippen LogP contribution in [0.2, 0.25) is 0 Å². The first-order chi connectivity index (χ1) is 16.1. The fourth-order valence-electron chi connectivity index (χ4n) is 3.74. The quantitative estimate of drug-likeness (QED) is 0.479. The molecule has 0 fully saturated rings. The molecule has 6 heteroatoms. The van der Waals surface area contributed by atoms with Gasteiger partial charge >= 0.3 is 0 Å². The number of carbonyl (C=O) groups is 2. The number of carbonyl (C=O) groups excluding carboxylic acids is 2. The largest absolute Gasteiger partial charge is 0.494 e. The van der Waals surface area contributed by atoms with Crippen molar-refractivity contribution >= 4 is 23.1 Å². The molecule has 1 N–H and O–H groups in total. The zero-order chi connectivity index (χ0) is 23.2. The Morgan fingerprint density at radius 1 is 0.758 bits per heavy atom. The number of hydrogen-bond donors (Lipinski definition) is 1. The Labute approximate surface area is 193 Å². The van der Waals surface area contributed by atoms with E-state index in [2.05, 4.69) is 5.32 Å². The normalized spacial score (nSPS) is 13.5. The van der Waals surface area contributed by atoms with Gasteiger partial charge < -0.3 is 14.8 Å².